The van der Waals surface area contributed by atoms with E-state index in [0.717, 1.165) is 12.8 Å². The second kappa shape index (κ2) is 9.60. The lowest BCUT2D eigenvalue weighted by Gasteiger charge is -2.38. The van der Waals surface area contributed by atoms with E-state index < -0.39 is 6.10 Å². The van der Waals surface area contributed by atoms with Crippen molar-refractivity contribution in [3.8, 4) is 11.5 Å². The number of benzene rings is 2. The molecule has 1 aliphatic rings. The van der Waals surface area contributed by atoms with Crippen molar-refractivity contribution in [2.45, 2.75) is 37.7 Å². The summed E-state index contributed by atoms with van der Waals surface area (Å²) in [6.07, 6.45) is 1.79. The predicted octanol–water partition coefficient (Wildman–Crippen LogP) is 3.72. The molecule has 1 unspecified atom stereocenters. The van der Waals surface area contributed by atoms with Crippen LogP contribution in [0.15, 0.2) is 54.6 Å². The molecule has 1 heterocycles. The van der Waals surface area contributed by atoms with Crippen molar-refractivity contribution < 1.29 is 19.0 Å². The van der Waals surface area contributed by atoms with Crippen LogP contribution in [-0.4, -0.2) is 38.9 Å². The van der Waals surface area contributed by atoms with Gasteiger partial charge < -0.3 is 19.5 Å². The topological polar surface area (TPSA) is 56.8 Å². The third kappa shape index (κ3) is 4.65. The zero-order chi connectivity index (χ0) is 19.8. The number of ether oxygens (including phenoxy) is 3. The van der Waals surface area contributed by atoms with Gasteiger partial charge in [0.15, 0.2) is 17.6 Å². The number of amides is 1. The largest absolute Gasteiger partial charge is 0.493 e. The van der Waals surface area contributed by atoms with Crippen molar-refractivity contribution in [1.29, 1.82) is 0 Å². The van der Waals surface area contributed by atoms with Gasteiger partial charge in [0, 0.05) is 25.2 Å². The molecule has 0 aromatic heterocycles. The van der Waals surface area contributed by atoms with E-state index in [2.05, 4.69) is 17.4 Å². The highest BCUT2D eigenvalue weighted by Crippen LogP contribution is 2.34. The summed E-state index contributed by atoms with van der Waals surface area (Å²) >= 11 is 0. The van der Waals surface area contributed by atoms with Gasteiger partial charge in [-0.05, 0) is 37.0 Å². The maximum atomic E-state index is 12.9. The van der Waals surface area contributed by atoms with E-state index in [4.69, 9.17) is 14.2 Å². The van der Waals surface area contributed by atoms with Gasteiger partial charge in [0.25, 0.3) is 5.91 Å². The predicted molar refractivity (Wildman–Crippen MR) is 109 cm³/mol. The average Bonchev–Trinajstić information content (AvgIpc) is 2.77. The third-order valence-corrected chi connectivity index (χ3v) is 5.44. The van der Waals surface area contributed by atoms with E-state index in [9.17, 15) is 4.79 Å². The number of carbonyl (C=O) groups excluding carboxylic acids is 1. The standard InChI is InChI=1S/C23H29NO4/c1-3-19(28-21-12-8-7-11-20(21)26-2)22(25)24-17-23(13-15-27-16-14-23)18-9-5-4-6-10-18/h4-12,19H,3,13-17H2,1-2H3,(H,24,25). The quantitative estimate of drug-likeness (QED) is 0.755. The van der Waals surface area contributed by atoms with E-state index >= 15 is 0 Å². The second-order valence-electron chi connectivity index (χ2n) is 7.14. The molecule has 1 amide bonds. The molecule has 0 radical (unpaired) electrons. The Balaban J connectivity index is 1.69. The van der Waals surface area contributed by atoms with Gasteiger partial charge in [-0.15, -0.1) is 0 Å². The van der Waals surface area contributed by atoms with Crippen molar-refractivity contribution in [2.24, 2.45) is 0 Å². The van der Waals surface area contributed by atoms with Crippen LogP contribution in [0, 0.1) is 0 Å². The average molecular weight is 383 g/mol. The lowest BCUT2D eigenvalue weighted by molar-refractivity contribution is -0.128. The molecule has 1 fully saturated rings. The fourth-order valence-corrected chi connectivity index (χ4v) is 3.68. The number of hydrogen-bond donors (Lipinski definition) is 1. The summed E-state index contributed by atoms with van der Waals surface area (Å²) < 4.78 is 16.9. The summed E-state index contributed by atoms with van der Waals surface area (Å²) in [6, 6.07) is 17.8. The van der Waals surface area contributed by atoms with Crippen molar-refractivity contribution in [3.05, 3.63) is 60.2 Å². The minimum absolute atomic E-state index is 0.0993. The molecule has 150 valence electrons. The Labute approximate surface area is 167 Å². The maximum Gasteiger partial charge on any atom is 0.261 e. The first-order valence-electron chi connectivity index (χ1n) is 9.89. The number of carbonyl (C=O) groups is 1. The summed E-state index contributed by atoms with van der Waals surface area (Å²) in [4.78, 5) is 12.9. The molecule has 5 nitrogen and oxygen atoms in total. The highest BCUT2D eigenvalue weighted by atomic mass is 16.5. The minimum atomic E-state index is -0.566. The molecule has 5 heteroatoms. The first-order valence-corrected chi connectivity index (χ1v) is 9.89. The molecular formula is C23H29NO4. The highest BCUT2D eigenvalue weighted by molar-refractivity contribution is 5.81. The van der Waals surface area contributed by atoms with Gasteiger partial charge in [-0.25, -0.2) is 0 Å². The molecule has 3 rings (SSSR count). The van der Waals surface area contributed by atoms with E-state index in [-0.39, 0.29) is 11.3 Å². The summed E-state index contributed by atoms with van der Waals surface area (Å²) in [6.45, 7) is 3.94. The monoisotopic (exact) mass is 383 g/mol. The summed E-state index contributed by atoms with van der Waals surface area (Å²) in [5, 5.41) is 3.14. The molecule has 2 aromatic carbocycles. The van der Waals surface area contributed by atoms with Crippen LogP contribution in [0.3, 0.4) is 0 Å². The van der Waals surface area contributed by atoms with Gasteiger partial charge in [0.1, 0.15) is 0 Å². The molecular weight excluding hydrogens is 354 g/mol. The molecule has 0 spiro atoms. The first-order chi connectivity index (χ1) is 13.7. The molecule has 0 bridgehead atoms. The van der Waals surface area contributed by atoms with Crippen molar-refractivity contribution >= 4 is 5.91 Å². The zero-order valence-electron chi connectivity index (χ0n) is 16.6. The third-order valence-electron chi connectivity index (χ3n) is 5.44. The van der Waals surface area contributed by atoms with Gasteiger partial charge in [0.05, 0.1) is 7.11 Å². The molecule has 1 atom stereocenters. The number of methoxy groups -OCH3 is 1. The van der Waals surface area contributed by atoms with Gasteiger partial charge in [-0.2, -0.15) is 0 Å². The molecule has 1 N–H and O–H groups in total. The summed E-state index contributed by atoms with van der Waals surface area (Å²) in [5.74, 6) is 1.10. The van der Waals surface area contributed by atoms with Crippen molar-refractivity contribution in [2.75, 3.05) is 26.9 Å². The van der Waals surface area contributed by atoms with Crippen LogP contribution in [0.4, 0.5) is 0 Å². The maximum absolute atomic E-state index is 12.9. The van der Waals surface area contributed by atoms with Gasteiger partial charge in [0.2, 0.25) is 0 Å². The number of hydrogen-bond acceptors (Lipinski definition) is 4. The minimum Gasteiger partial charge on any atom is -0.493 e. The van der Waals surface area contributed by atoms with Crippen LogP contribution < -0.4 is 14.8 Å². The van der Waals surface area contributed by atoms with Crippen molar-refractivity contribution in [1.82, 2.24) is 5.32 Å². The molecule has 2 aromatic rings. The van der Waals surface area contributed by atoms with Gasteiger partial charge in [-0.3, -0.25) is 4.79 Å². The van der Waals surface area contributed by atoms with Crippen LogP contribution in [0.2, 0.25) is 0 Å². The number of nitrogens with one attached hydrogen (secondary N) is 1. The molecule has 0 aliphatic carbocycles. The van der Waals surface area contributed by atoms with E-state index in [1.54, 1.807) is 7.11 Å². The van der Waals surface area contributed by atoms with Crippen LogP contribution >= 0.6 is 0 Å². The lowest BCUT2D eigenvalue weighted by Crippen LogP contribution is -2.48. The first kappa shape index (κ1) is 20.2. The van der Waals surface area contributed by atoms with E-state index in [1.165, 1.54) is 5.56 Å². The van der Waals surface area contributed by atoms with Crippen LogP contribution in [0.25, 0.3) is 0 Å². The Morgan fingerprint density at radius 2 is 1.71 bits per heavy atom. The fraction of sp³-hybridized carbons (Fsp3) is 0.435. The van der Waals surface area contributed by atoms with E-state index in [0.29, 0.717) is 37.7 Å². The van der Waals surface area contributed by atoms with Crippen LogP contribution in [0.5, 0.6) is 11.5 Å². The highest BCUT2D eigenvalue weighted by Gasteiger charge is 2.35. The van der Waals surface area contributed by atoms with E-state index in [1.807, 2.05) is 49.4 Å². The van der Waals surface area contributed by atoms with Crippen molar-refractivity contribution in [3.63, 3.8) is 0 Å². The molecule has 0 saturated carbocycles. The van der Waals surface area contributed by atoms with Gasteiger partial charge >= 0.3 is 0 Å². The van der Waals surface area contributed by atoms with Gasteiger partial charge in [-0.1, -0.05) is 49.4 Å². The lowest BCUT2D eigenvalue weighted by atomic mass is 9.74. The summed E-state index contributed by atoms with van der Waals surface area (Å²) in [5.41, 5.74) is 1.15. The second-order valence-corrected chi connectivity index (χ2v) is 7.14. The molecule has 1 aliphatic heterocycles. The Morgan fingerprint density at radius 3 is 2.36 bits per heavy atom. The smallest absolute Gasteiger partial charge is 0.261 e. The summed E-state index contributed by atoms with van der Waals surface area (Å²) in [7, 11) is 1.60. The Bertz CT molecular complexity index is 756. The molecule has 28 heavy (non-hydrogen) atoms. The SMILES string of the molecule is CCC(Oc1ccccc1OC)C(=O)NCC1(c2ccccc2)CCOCC1. The Kier molecular flexibility index (Phi) is 6.93. The Morgan fingerprint density at radius 1 is 1.07 bits per heavy atom. The van der Waals surface area contributed by atoms with Crippen LogP contribution in [0.1, 0.15) is 31.7 Å². The van der Waals surface area contributed by atoms with Crippen LogP contribution in [-0.2, 0) is 14.9 Å². The fourth-order valence-electron chi connectivity index (χ4n) is 3.68. The zero-order valence-corrected chi connectivity index (χ0v) is 16.6. The Hall–Kier alpha value is -2.53. The normalized spacial score (nSPS) is 16.8. The molecule has 1 saturated heterocycles. The number of rotatable bonds is 8. The number of para-hydroxylation sites is 2.